The number of carbonyl (C=O) groups is 1. The number of thiophene rings is 1. The Morgan fingerprint density at radius 2 is 1.96 bits per heavy atom. The molecule has 142 valence electrons. The first-order valence-corrected chi connectivity index (χ1v) is 10.9. The molecule has 0 bridgehead atoms. The average Bonchev–Trinajstić information content (AvgIpc) is 3.03. The van der Waals surface area contributed by atoms with Crippen molar-refractivity contribution in [3.63, 3.8) is 0 Å². The maximum absolute atomic E-state index is 12.5. The van der Waals surface area contributed by atoms with Gasteiger partial charge in [-0.15, -0.1) is 11.3 Å². The molecule has 0 fully saturated rings. The average molecular weight is 397 g/mol. The van der Waals surface area contributed by atoms with Crippen LogP contribution in [0.3, 0.4) is 0 Å². The lowest BCUT2D eigenvalue weighted by Crippen LogP contribution is -2.30. The first kappa shape index (κ1) is 20.4. The minimum atomic E-state index is -3.19. The number of ether oxygens (including phenoxy) is 1. The molecule has 0 saturated carbocycles. The summed E-state index contributed by atoms with van der Waals surface area (Å²) in [6, 6.07) is 11.4. The summed E-state index contributed by atoms with van der Waals surface area (Å²) in [4.78, 5) is 15.7. The third-order valence-corrected chi connectivity index (χ3v) is 5.59. The van der Waals surface area contributed by atoms with Crippen LogP contribution >= 0.6 is 11.3 Å². The van der Waals surface area contributed by atoms with Crippen molar-refractivity contribution in [3.8, 4) is 5.75 Å². The van der Waals surface area contributed by atoms with E-state index in [0.717, 1.165) is 22.4 Å². The van der Waals surface area contributed by atoms with E-state index in [1.165, 1.54) is 11.3 Å². The zero-order valence-electron chi connectivity index (χ0n) is 15.2. The first-order chi connectivity index (χ1) is 12.3. The molecule has 1 amide bonds. The van der Waals surface area contributed by atoms with Gasteiger partial charge >= 0.3 is 0 Å². The molecule has 8 heteroatoms. The second kappa shape index (κ2) is 9.16. The van der Waals surface area contributed by atoms with Crippen LogP contribution in [0.5, 0.6) is 5.75 Å². The highest BCUT2D eigenvalue weighted by atomic mass is 32.2. The minimum Gasteiger partial charge on any atom is -0.491 e. The van der Waals surface area contributed by atoms with Gasteiger partial charge in [0, 0.05) is 18.5 Å². The molecule has 0 atom stereocenters. The highest BCUT2D eigenvalue weighted by Gasteiger charge is 2.14. The Kier molecular flexibility index (Phi) is 7.19. The van der Waals surface area contributed by atoms with Gasteiger partial charge in [0.25, 0.3) is 5.91 Å². The Bertz CT molecular complexity index is 846. The van der Waals surface area contributed by atoms with E-state index < -0.39 is 10.0 Å². The summed E-state index contributed by atoms with van der Waals surface area (Å²) in [7, 11) is -1.44. The molecule has 0 aliphatic heterocycles. The van der Waals surface area contributed by atoms with Gasteiger partial charge in [-0.25, -0.2) is 13.1 Å². The lowest BCUT2D eigenvalue weighted by Gasteiger charge is -2.17. The third-order valence-electron chi connectivity index (χ3n) is 3.73. The van der Waals surface area contributed by atoms with Crippen molar-refractivity contribution in [2.75, 3.05) is 33.0 Å². The molecule has 0 aliphatic rings. The second-order valence-corrected chi connectivity index (χ2v) is 9.02. The molecule has 0 spiro atoms. The predicted octanol–water partition coefficient (Wildman–Crippen LogP) is 2.30. The number of nitrogens with zero attached hydrogens (tertiary/aromatic N) is 1. The Morgan fingerprint density at radius 1 is 1.23 bits per heavy atom. The van der Waals surface area contributed by atoms with E-state index in [2.05, 4.69) is 4.72 Å². The molecule has 2 rings (SSSR count). The van der Waals surface area contributed by atoms with Crippen molar-refractivity contribution < 1.29 is 17.9 Å². The van der Waals surface area contributed by atoms with Crippen molar-refractivity contribution in [1.82, 2.24) is 9.62 Å². The molecule has 1 heterocycles. The number of likely N-dealkylation sites (N-methyl/N-ethyl adjacent to an activating group) is 1. The van der Waals surface area contributed by atoms with Crippen molar-refractivity contribution in [2.45, 2.75) is 13.3 Å². The zero-order chi connectivity index (χ0) is 19.2. The zero-order valence-corrected chi connectivity index (χ0v) is 16.8. The number of benzene rings is 1. The maximum Gasteiger partial charge on any atom is 0.263 e. The minimum absolute atomic E-state index is 0.0642. The Hall–Kier alpha value is -1.90. The molecule has 1 aromatic heterocycles. The van der Waals surface area contributed by atoms with E-state index in [-0.39, 0.29) is 5.91 Å². The van der Waals surface area contributed by atoms with E-state index in [1.54, 1.807) is 18.0 Å². The second-order valence-electron chi connectivity index (χ2n) is 6.02. The van der Waals surface area contributed by atoms with Gasteiger partial charge in [0.2, 0.25) is 10.0 Å². The van der Waals surface area contributed by atoms with E-state index in [9.17, 15) is 13.2 Å². The van der Waals surface area contributed by atoms with Gasteiger partial charge in [-0.3, -0.25) is 4.79 Å². The van der Waals surface area contributed by atoms with Gasteiger partial charge < -0.3 is 9.64 Å². The molecule has 0 unspecified atom stereocenters. The highest BCUT2D eigenvalue weighted by Crippen LogP contribution is 2.19. The number of aryl methyl sites for hydroxylation is 1. The number of sulfonamides is 1. The van der Waals surface area contributed by atoms with Crippen molar-refractivity contribution in [2.24, 2.45) is 0 Å². The molecule has 0 saturated heterocycles. The SMILES string of the molecule is Cc1ccccc1OCCN(C)C(=O)c1ccc(CCNS(C)(=O)=O)s1. The molecule has 1 N–H and O–H groups in total. The molecule has 0 aliphatic carbocycles. The van der Waals surface area contributed by atoms with Crippen LogP contribution in [-0.4, -0.2) is 52.2 Å². The molecule has 6 nitrogen and oxygen atoms in total. The van der Waals surface area contributed by atoms with Crippen LogP contribution in [-0.2, 0) is 16.4 Å². The fourth-order valence-corrected chi connectivity index (χ4v) is 3.76. The molecule has 0 radical (unpaired) electrons. The lowest BCUT2D eigenvalue weighted by atomic mass is 10.2. The van der Waals surface area contributed by atoms with Crippen molar-refractivity contribution >= 4 is 27.3 Å². The predicted molar refractivity (Wildman–Crippen MR) is 105 cm³/mol. The Balaban J connectivity index is 1.81. The Morgan fingerprint density at radius 3 is 2.65 bits per heavy atom. The quantitative estimate of drug-likeness (QED) is 0.706. The number of para-hydroxylation sites is 1. The summed E-state index contributed by atoms with van der Waals surface area (Å²) in [5.74, 6) is 0.760. The number of hydrogen-bond acceptors (Lipinski definition) is 5. The van der Waals surface area contributed by atoms with Crippen molar-refractivity contribution in [3.05, 3.63) is 51.7 Å². The van der Waals surface area contributed by atoms with Crippen LogP contribution < -0.4 is 9.46 Å². The number of rotatable bonds is 9. The number of carbonyl (C=O) groups excluding carboxylic acids is 1. The van der Waals surface area contributed by atoms with E-state index in [1.807, 2.05) is 37.3 Å². The summed E-state index contributed by atoms with van der Waals surface area (Å²) >= 11 is 1.39. The van der Waals surface area contributed by atoms with Gasteiger partial charge in [-0.2, -0.15) is 0 Å². The van der Waals surface area contributed by atoms with Crippen LogP contribution in [0.15, 0.2) is 36.4 Å². The number of nitrogens with one attached hydrogen (secondary N) is 1. The van der Waals surface area contributed by atoms with Gasteiger partial charge in [0.1, 0.15) is 12.4 Å². The van der Waals surface area contributed by atoms with Gasteiger partial charge in [-0.1, -0.05) is 18.2 Å². The monoisotopic (exact) mass is 396 g/mol. The van der Waals surface area contributed by atoms with Crippen LogP contribution in [0.2, 0.25) is 0 Å². The van der Waals surface area contributed by atoms with E-state index in [4.69, 9.17) is 4.74 Å². The standard InChI is InChI=1S/C18H24N2O4S2/c1-14-6-4-5-7-16(14)24-13-12-20(2)18(21)17-9-8-15(25-17)10-11-19-26(3,22)23/h4-9,19H,10-13H2,1-3H3. The molecule has 1 aromatic carbocycles. The lowest BCUT2D eigenvalue weighted by molar-refractivity contribution is 0.0778. The summed E-state index contributed by atoms with van der Waals surface area (Å²) in [5.41, 5.74) is 1.06. The van der Waals surface area contributed by atoms with Gasteiger partial charge in [0.05, 0.1) is 17.7 Å². The summed E-state index contributed by atoms with van der Waals surface area (Å²) in [6.07, 6.45) is 1.69. The number of hydrogen-bond donors (Lipinski definition) is 1. The molecular weight excluding hydrogens is 372 g/mol. The topological polar surface area (TPSA) is 75.7 Å². The van der Waals surface area contributed by atoms with E-state index >= 15 is 0 Å². The third kappa shape index (κ3) is 6.44. The molecule has 26 heavy (non-hydrogen) atoms. The van der Waals surface area contributed by atoms with Gasteiger partial charge in [-0.05, 0) is 37.1 Å². The van der Waals surface area contributed by atoms with Crippen LogP contribution in [0.25, 0.3) is 0 Å². The van der Waals surface area contributed by atoms with E-state index in [0.29, 0.717) is 31.0 Å². The Labute approximate surface area is 158 Å². The normalized spacial score (nSPS) is 11.3. The van der Waals surface area contributed by atoms with Crippen molar-refractivity contribution in [1.29, 1.82) is 0 Å². The van der Waals surface area contributed by atoms with Crippen LogP contribution in [0.4, 0.5) is 0 Å². The maximum atomic E-state index is 12.5. The molecular formula is C18H24N2O4S2. The van der Waals surface area contributed by atoms with Gasteiger partial charge in [0.15, 0.2) is 0 Å². The van der Waals surface area contributed by atoms with Crippen LogP contribution in [0.1, 0.15) is 20.1 Å². The first-order valence-electron chi connectivity index (χ1n) is 8.23. The van der Waals surface area contributed by atoms with Crippen LogP contribution in [0, 0.1) is 6.92 Å². The number of amides is 1. The smallest absolute Gasteiger partial charge is 0.263 e. The fourth-order valence-electron chi connectivity index (χ4n) is 2.29. The molecule has 2 aromatic rings. The fraction of sp³-hybridized carbons (Fsp3) is 0.389. The largest absolute Gasteiger partial charge is 0.491 e. The summed E-state index contributed by atoms with van der Waals surface area (Å²) < 4.78 is 30.3. The highest BCUT2D eigenvalue weighted by molar-refractivity contribution is 7.88. The summed E-state index contributed by atoms with van der Waals surface area (Å²) in [6.45, 7) is 3.21. The summed E-state index contributed by atoms with van der Waals surface area (Å²) in [5, 5.41) is 0.